The van der Waals surface area contributed by atoms with Crippen LogP contribution < -0.4 is 5.06 Å². The molecule has 7 nitrogen and oxygen atoms in total. The third kappa shape index (κ3) is 3.85. The first-order chi connectivity index (χ1) is 11.5. The van der Waals surface area contributed by atoms with Crippen LogP contribution in [0.5, 0.6) is 0 Å². The summed E-state index contributed by atoms with van der Waals surface area (Å²) in [6.45, 7) is 1.95. The minimum absolute atomic E-state index is 0.447. The van der Waals surface area contributed by atoms with Crippen molar-refractivity contribution < 1.29 is 28.6 Å². The Morgan fingerprint density at radius 2 is 1.83 bits per heavy atom. The van der Waals surface area contributed by atoms with Gasteiger partial charge in [-0.15, -0.1) is 0 Å². The van der Waals surface area contributed by atoms with Gasteiger partial charge in [0.15, 0.2) is 12.2 Å². The van der Waals surface area contributed by atoms with E-state index in [1.807, 2.05) is 31.2 Å². The standard InChI is InChI=1S/C17H23NO6/c1-11-6-5-7-12(10-11)18-13(8-9-14(21-2)24-18)15(16(19)22-3)17(20)23-4/h5-7,10,13-15H,8-9H2,1-4H3/t13-,14-/m1/s1. The Labute approximate surface area is 141 Å². The van der Waals surface area contributed by atoms with Crippen molar-refractivity contribution in [3.8, 4) is 0 Å². The predicted molar refractivity (Wildman–Crippen MR) is 86.1 cm³/mol. The molecular formula is C17H23NO6. The van der Waals surface area contributed by atoms with Crippen LogP contribution in [0, 0.1) is 12.8 Å². The first kappa shape index (κ1) is 18.2. The number of hydroxylamine groups is 1. The van der Waals surface area contributed by atoms with E-state index in [1.165, 1.54) is 14.2 Å². The van der Waals surface area contributed by atoms with Crippen LogP contribution in [-0.2, 0) is 28.6 Å². The van der Waals surface area contributed by atoms with Gasteiger partial charge in [0.1, 0.15) is 0 Å². The van der Waals surface area contributed by atoms with Gasteiger partial charge in [0.05, 0.1) is 25.9 Å². The molecule has 0 aliphatic carbocycles. The number of esters is 2. The van der Waals surface area contributed by atoms with E-state index < -0.39 is 30.2 Å². The lowest BCUT2D eigenvalue weighted by atomic mass is 9.93. The molecule has 7 heteroatoms. The third-order valence-corrected chi connectivity index (χ3v) is 4.04. The van der Waals surface area contributed by atoms with Crippen molar-refractivity contribution in [3.63, 3.8) is 0 Å². The average molecular weight is 337 g/mol. The van der Waals surface area contributed by atoms with Crippen molar-refractivity contribution in [2.24, 2.45) is 5.92 Å². The average Bonchev–Trinajstić information content (AvgIpc) is 2.61. The van der Waals surface area contributed by atoms with Crippen LogP contribution in [0.3, 0.4) is 0 Å². The topological polar surface area (TPSA) is 74.3 Å². The highest BCUT2D eigenvalue weighted by molar-refractivity contribution is 5.96. The monoisotopic (exact) mass is 337 g/mol. The molecule has 1 aliphatic heterocycles. The summed E-state index contributed by atoms with van der Waals surface area (Å²) in [7, 11) is 4.05. The van der Waals surface area contributed by atoms with E-state index in [9.17, 15) is 9.59 Å². The van der Waals surface area contributed by atoms with Gasteiger partial charge >= 0.3 is 11.9 Å². The van der Waals surface area contributed by atoms with Crippen molar-refractivity contribution in [3.05, 3.63) is 29.8 Å². The zero-order valence-electron chi connectivity index (χ0n) is 14.4. The van der Waals surface area contributed by atoms with Crippen molar-refractivity contribution in [1.29, 1.82) is 0 Å². The SMILES string of the molecule is COC(=O)C(C(=O)OC)[C@H]1CC[C@H](OC)ON1c1cccc(C)c1. The van der Waals surface area contributed by atoms with Crippen molar-refractivity contribution >= 4 is 17.6 Å². The molecule has 1 aromatic carbocycles. The number of carbonyl (C=O) groups excluding carboxylic acids is 2. The lowest BCUT2D eigenvalue weighted by Gasteiger charge is -2.41. The summed E-state index contributed by atoms with van der Waals surface area (Å²) in [5.74, 6) is -2.40. The fraction of sp³-hybridized carbons (Fsp3) is 0.529. The molecule has 24 heavy (non-hydrogen) atoms. The van der Waals surface area contributed by atoms with Crippen molar-refractivity contribution in [2.75, 3.05) is 26.4 Å². The lowest BCUT2D eigenvalue weighted by Crippen LogP contribution is -2.52. The number of rotatable bonds is 5. The maximum Gasteiger partial charge on any atom is 0.322 e. The summed E-state index contributed by atoms with van der Waals surface area (Å²) in [5.41, 5.74) is 1.77. The Kier molecular flexibility index (Phi) is 6.16. The largest absolute Gasteiger partial charge is 0.468 e. The van der Waals surface area contributed by atoms with Crippen LogP contribution in [0.15, 0.2) is 24.3 Å². The van der Waals surface area contributed by atoms with Gasteiger partial charge in [-0.1, -0.05) is 12.1 Å². The normalized spacial score (nSPS) is 20.8. The van der Waals surface area contributed by atoms with E-state index in [0.29, 0.717) is 12.8 Å². The zero-order chi connectivity index (χ0) is 17.7. The van der Waals surface area contributed by atoms with E-state index in [1.54, 1.807) is 12.2 Å². The molecule has 0 aromatic heterocycles. The van der Waals surface area contributed by atoms with E-state index in [0.717, 1.165) is 11.3 Å². The number of aryl methyl sites for hydroxylation is 1. The van der Waals surface area contributed by atoms with Gasteiger partial charge in [0, 0.05) is 13.5 Å². The number of nitrogens with zero attached hydrogens (tertiary/aromatic N) is 1. The number of methoxy groups -OCH3 is 3. The molecule has 1 fully saturated rings. The quantitative estimate of drug-likeness (QED) is 0.599. The molecular weight excluding hydrogens is 314 g/mol. The second kappa shape index (κ2) is 8.12. The van der Waals surface area contributed by atoms with E-state index >= 15 is 0 Å². The van der Waals surface area contributed by atoms with E-state index in [-0.39, 0.29) is 0 Å². The fourth-order valence-corrected chi connectivity index (χ4v) is 2.83. The van der Waals surface area contributed by atoms with Gasteiger partial charge in [-0.3, -0.25) is 9.59 Å². The summed E-state index contributed by atoms with van der Waals surface area (Å²) < 4.78 is 14.9. The molecule has 0 spiro atoms. The summed E-state index contributed by atoms with van der Waals surface area (Å²) in [6.07, 6.45) is 0.618. The second-order valence-electron chi connectivity index (χ2n) is 5.60. The van der Waals surface area contributed by atoms with Gasteiger partial charge in [-0.25, -0.2) is 9.90 Å². The lowest BCUT2D eigenvalue weighted by molar-refractivity contribution is -0.181. The van der Waals surface area contributed by atoms with Crippen LogP contribution in [-0.4, -0.2) is 45.6 Å². The summed E-state index contributed by atoms with van der Waals surface area (Å²) >= 11 is 0. The summed E-state index contributed by atoms with van der Waals surface area (Å²) in [6, 6.07) is 7.06. The van der Waals surface area contributed by atoms with Crippen LogP contribution >= 0.6 is 0 Å². The second-order valence-corrected chi connectivity index (χ2v) is 5.60. The molecule has 132 valence electrons. The molecule has 1 aromatic rings. The highest BCUT2D eigenvalue weighted by Crippen LogP contribution is 2.32. The highest BCUT2D eigenvalue weighted by atomic mass is 16.8. The zero-order valence-corrected chi connectivity index (χ0v) is 14.4. The van der Waals surface area contributed by atoms with E-state index in [4.69, 9.17) is 19.0 Å². The number of carbonyl (C=O) groups is 2. The van der Waals surface area contributed by atoms with Gasteiger partial charge in [0.25, 0.3) is 0 Å². The van der Waals surface area contributed by atoms with Crippen molar-refractivity contribution in [1.82, 2.24) is 0 Å². The first-order valence-corrected chi connectivity index (χ1v) is 7.73. The molecule has 2 atom stereocenters. The Morgan fingerprint density at radius 1 is 1.17 bits per heavy atom. The molecule has 1 saturated heterocycles. The number of ether oxygens (including phenoxy) is 3. The molecule has 0 N–H and O–H groups in total. The molecule has 1 heterocycles. The van der Waals surface area contributed by atoms with Gasteiger partial charge in [-0.2, -0.15) is 0 Å². The summed E-state index contributed by atoms with van der Waals surface area (Å²) in [4.78, 5) is 30.2. The Morgan fingerprint density at radius 3 is 2.38 bits per heavy atom. The van der Waals surface area contributed by atoms with Crippen LogP contribution in [0.25, 0.3) is 0 Å². The first-order valence-electron chi connectivity index (χ1n) is 7.73. The van der Waals surface area contributed by atoms with Gasteiger partial charge in [-0.05, 0) is 31.0 Å². The fourth-order valence-electron chi connectivity index (χ4n) is 2.83. The highest BCUT2D eigenvalue weighted by Gasteiger charge is 2.44. The molecule has 0 radical (unpaired) electrons. The maximum atomic E-state index is 12.2. The molecule has 0 amide bonds. The Balaban J connectivity index is 2.39. The minimum Gasteiger partial charge on any atom is -0.468 e. The Hall–Kier alpha value is -2.12. The van der Waals surface area contributed by atoms with Crippen LogP contribution in [0.2, 0.25) is 0 Å². The van der Waals surface area contributed by atoms with E-state index in [2.05, 4.69) is 0 Å². The molecule has 2 rings (SSSR count). The van der Waals surface area contributed by atoms with Crippen molar-refractivity contribution in [2.45, 2.75) is 32.1 Å². The summed E-state index contributed by atoms with van der Waals surface area (Å²) in [5, 5.41) is 1.56. The molecule has 0 unspecified atom stereocenters. The smallest absolute Gasteiger partial charge is 0.322 e. The third-order valence-electron chi connectivity index (χ3n) is 4.04. The molecule has 1 aliphatic rings. The number of benzene rings is 1. The van der Waals surface area contributed by atoms with Gasteiger partial charge in [0.2, 0.25) is 0 Å². The molecule has 0 bridgehead atoms. The van der Waals surface area contributed by atoms with Crippen LogP contribution in [0.4, 0.5) is 5.69 Å². The predicted octanol–water partition coefficient (Wildman–Crippen LogP) is 1.83. The molecule has 0 saturated carbocycles. The maximum absolute atomic E-state index is 12.2. The number of hydrogen-bond donors (Lipinski definition) is 0. The van der Waals surface area contributed by atoms with Gasteiger partial charge < -0.3 is 14.2 Å². The van der Waals surface area contributed by atoms with Crippen LogP contribution in [0.1, 0.15) is 18.4 Å². The minimum atomic E-state index is -1.10. The number of anilines is 1. The Bertz CT molecular complexity index is 574. The number of hydrogen-bond acceptors (Lipinski definition) is 7.